The summed E-state index contributed by atoms with van der Waals surface area (Å²) in [6.07, 6.45) is 4.51. The van der Waals surface area contributed by atoms with Crippen LogP contribution in [0.4, 0.5) is 23.3 Å². The van der Waals surface area contributed by atoms with Crippen molar-refractivity contribution in [1.29, 1.82) is 0 Å². The van der Waals surface area contributed by atoms with Gasteiger partial charge in [-0.2, -0.15) is 9.97 Å². The zero-order valence-corrected chi connectivity index (χ0v) is 15.7. The summed E-state index contributed by atoms with van der Waals surface area (Å²) in [6.45, 7) is 3.85. The third kappa shape index (κ3) is 4.95. The first kappa shape index (κ1) is 18.2. The van der Waals surface area contributed by atoms with Gasteiger partial charge >= 0.3 is 0 Å². The summed E-state index contributed by atoms with van der Waals surface area (Å²) in [5.74, 6) is 2.30. The van der Waals surface area contributed by atoms with E-state index in [0.717, 1.165) is 56.6 Å². The van der Waals surface area contributed by atoms with Crippen LogP contribution in [0.5, 0.6) is 0 Å². The number of anilines is 4. The van der Waals surface area contributed by atoms with Gasteiger partial charge in [0.15, 0.2) is 0 Å². The van der Waals surface area contributed by atoms with Crippen molar-refractivity contribution in [1.82, 2.24) is 15.0 Å². The van der Waals surface area contributed by atoms with Crippen LogP contribution in [0.1, 0.15) is 5.56 Å². The van der Waals surface area contributed by atoms with E-state index in [4.69, 9.17) is 9.72 Å². The maximum Gasteiger partial charge on any atom is 0.226 e. The molecule has 144 valence electrons. The second-order valence-corrected chi connectivity index (χ2v) is 6.56. The van der Waals surface area contributed by atoms with Crippen LogP contribution in [0.3, 0.4) is 0 Å². The average Bonchev–Trinajstić information content (AvgIpc) is 2.76. The molecule has 0 spiro atoms. The molecule has 0 aliphatic carbocycles. The molecule has 3 heterocycles. The van der Waals surface area contributed by atoms with Crippen LogP contribution in [-0.4, -0.2) is 47.8 Å². The second-order valence-electron chi connectivity index (χ2n) is 6.56. The molecular weight excluding hydrogens is 352 g/mol. The molecular formula is C21H24N6O. The van der Waals surface area contributed by atoms with E-state index >= 15 is 0 Å². The number of rotatable bonds is 7. The Bertz CT molecular complexity index is 869. The van der Waals surface area contributed by atoms with Gasteiger partial charge in [0.25, 0.3) is 0 Å². The van der Waals surface area contributed by atoms with Gasteiger partial charge in [0.05, 0.1) is 13.2 Å². The summed E-state index contributed by atoms with van der Waals surface area (Å²) in [7, 11) is 0. The van der Waals surface area contributed by atoms with E-state index in [1.54, 1.807) is 0 Å². The van der Waals surface area contributed by atoms with Gasteiger partial charge in [-0.3, -0.25) is 4.98 Å². The molecule has 28 heavy (non-hydrogen) atoms. The molecule has 1 fully saturated rings. The Labute approximate surface area is 164 Å². The van der Waals surface area contributed by atoms with E-state index in [-0.39, 0.29) is 0 Å². The van der Waals surface area contributed by atoms with Crippen LogP contribution in [0.2, 0.25) is 0 Å². The lowest BCUT2D eigenvalue weighted by atomic mass is 10.2. The number of hydrogen-bond acceptors (Lipinski definition) is 7. The van der Waals surface area contributed by atoms with Crippen molar-refractivity contribution < 1.29 is 4.74 Å². The summed E-state index contributed by atoms with van der Waals surface area (Å²) in [5, 5.41) is 6.73. The summed E-state index contributed by atoms with van der Waals surface area (Å²) >= 11 is 0. The topological polar surface area (TPSA) is 75.2 Å². The van der Waals surface area contributed by atoms with Crippen molar-refractivity contribution in [2.24, 2.45) is 0 Å². The highest BCUT2D eigenvalue weighted by Crippen LogP contribution is 2.22. The maximum atomic E-state index is 5.47. The SMILES string of the molecule is c1ccc(Nc2cc(N3CCOCC3)nc(NCCc3ccncc3)n2)cc1. The zero-order valence-electron chi connectivity index (χ0n) is 15.7. The fraction of sp³-hybridized carbons (Fsp3) is 0.286. The molecule has 0 amide bonds. The number of aromatic nitrogens is 3. The number of morpholine rings is 1. The highest BCUT2D eigenvalue weighted by molar-refractivity contribution is 5.61. The molecule has 4 rings (SSSR count). The van der Waals surface area contributed by atoms with Gasteiger partial charge in [0.2, 0.25) is 5.95 Å². The van der Waals surface area contributed by atoms with E-state index in [9.17, 15) is 0 Å². The van der Waals surface area contributed by atoms with Gasteiger partial charge in [-0.1, -0.05) is 18.2 Å². The van der Waals surface area contributed by atoms with Gasteiger partial charge in [-0.15, -0.1) is 0 Å². The Morgan fingerprint density at radius 2 is 1.75 bits per heavy atom. The van der Waals surface area contributed by atoms with Crippen molar-refractivity contribution in [3.63, 3.8) is 0 Å². The van der Waals surface area contributed by atoms with Gasteiger partial charge in [0, 0.05) is 43.8 Å². The van der Waals surface area contributed by atoms with Crippen molar-refractivity contribution in [3.05, 3.63) is 66.5 Å². The van der Waals surface area contributed by atoms with Gasteiger partial charge in [-0.25, -0.2) is 0 Å². The van der Waals surface area contributed by atoms with Crippen LogP contribution in [-0.2, 0) is 11.2 Å². The Morgan fingerprint density at radius 1 is 0.964 bits per heavy atom. The molecule has 1 saturated heterocycles. The van der Waals surface area contributed by atoms with Crippen molar-refractivity contribution in [2.45, 2.75) is 6.42 Å². The number of benzene rings is 1. The number of pyridine rings is 1. The van der Waals surface area contributed by atoms with Crippen LogP contribution < -0.4 is 15.5 Å². The lowest BCUT2D eigenvalue weighted by Gasteiger charge is -2.28. The lowest BCUT2D eigenvalue weighted by Crippen LogP contribution is -2.37. The van der Waals surface area contributed by atoms with Gasteiger partial charge in [0.1, 0.15) is 11.6 Å². The Kier molecular flexibility index (Phi) is 5.94. The number of nitrogens with zero attached hydrogens (tertiary/aromatic N) is 4. The van der Waals surface area contributed by atoms with E-state index in [2.05, 4.69) is 25.5 Å². The van der Waals surface area contributed by atoms with Crippen LogP contribution in [0.25, 0.3) is 0 Å². The Hall–Kier alpha value is -3.19. The molecule has 1 aliphatic rings. The molecule has 0 saturated carbocycles. The highest BCUT2D eigenvalue weighted by Gasteiger charge is 2.15. The summed E-state index contributed by atoms with van der Waals surface area (Å²) < 4.78 is 5.47. The first-order valence-corrected chi connectivity index (χ1v) is 9.53. The minimum absolute atomic E-state index is 0.622. The molecule has 0 atom stereocenters. The molecule has 1 aromatic carbocycles. The molecule has 1 aliphatic heterocycles. The average molecular weight is 376 g/mol. The van der Waals surface area contributed by atoms with E-state index in [1.807, 2.05) is 60.9 Å². The number of ether oxygens (including phenoxy) is 1. The first-order chi connectivity index (χ1) is 13.9. The number of para-hydroxylation sites is 1. The second kappa shape index (κ2) is 9.14. The van der Waals surface area contributed by atoms with E-state index < -0.39 is 0 Å². The minimum atomic E-state index is 0.622. The molecule has 0 unspecified atom stereocenters. The maximum absolute atomic E-state index is 5.47. The molecule has 0 bridgehead atoms. The summed E-state index contributed by atoms with van der Waals surface area (Å²) in [4.78, 5) is 15.7. The molecule has 0 radical (unpaired) electrons. The van der Waals surface area contributed by atoms with Gasteiger partial charge in [-0.05, 0) is 36.2 Å². The van der Waals surface area contributed by atoms with E-state index in [0.29, 0.717) is 5.95 Å². The van der Waals surface area contributed by atoms with Crippen LogP contribution in [0, 0.1) is 0 Å². The summed E-state index contributed by atoms with van der Waals surface area (Å²) in [5.41, 5.74) is 2.23. The third-order valence-electron chi connectivity index (χ3n) is 4.54. The smallest absolute Gasteiger partial charge is 0.226 e. The normalized spacial score (nSPS) is 13.9. The fourth-order valence-electron chi connectivity index (χ4n) is 3.07. The fourth-order valence-corrected chi connectivity index (χ4v) is 3.07. The summed E-state index contributed by atoms with van der Waals surface area (Å²) in [6, 6.07) is 16.1. The number of nitrogens with one attached hydrogen (secondary N) is 2. The molecule has 2 aromatic heterocycles. The van der Waals surface area contributed by atoms with Gasteiger partial charge < -0.3 is 20.3 Å². The predicted molar refractivity (Wildman–Crippen MR) is 111 cm³/mol. The zero-order chi connectivity index (χ0) is 19.0. The van der Waals surface area contributed by atoms with Crippen LogP contribution >= 0.6 is 0 Å². The lowest BCUT2D eigenvalue weighted by molar-refractivity contribution is 0.122. The van der Waals surface area contributed by atoms with E-state index in [1.165, 1.54) is 5.56 Å². The molecule has 3 aromatic rings. The molecule has 2 N–H and O–H groups in total. The highest BCUT2D eigenvalue weighted by atomic mass is 16.5. The Morgan fingerprint density at radius 3 is 2.54 bits per heavy atom. The minimum Gasteiger partial charge on any atom is -0.378 e. The molecule has 7 nitrogen and oxygen atoms in total. The number of hydrogen-bond donors (Lipinski definition) is 2. The van der Waals surface area contributed by atoms with Crippen molar-refractivity contribution in [3.8, 4) is 0 Å². The largest absolute Gasteiger partial charge is 0.378 e. The Balaban J connectivity index is 1.50. The van der Waals surface area contributed by atoms with Crippen molar-refractivity contribution in [2.75, 3.05) is 48.4 Å². The quantitative estimate of drug-likeness (QED) is 0.656. The third-order valence-corrected chi connectivity index (χ3v) is 4.54. The standard InChI is InChI=1S/C21H24N6O/c1-2-4-18(5-3-1)24-19-16-20(27-12-14-28-15-13-27)26-21(25-19)23-11-8-17-6-9-22-10-7-17/h1-7,9-10,16H,8,11-15H2,(H2,23,24,25,26). The van der Waals surface area contributed by atoms with Crippen molar-refractivity contribution >= 4 is 23.3 Å². The van der Waals surface area contributed by atoms with Crippen LogP contribution in [0.15, 0.2) is 60.9 Å². The predicted octanol–water partition coefficient (Wildman–Crippen LogP) is 3.11. The monoisotopic (exact) mass is 376 g/mol. The first-order valence-electron chi connectivity index (χ1n) is 9.53. The molecule has 7 heteroatoms.